The molecule has 0 atom stereocenters. The lowest BCUT2D eigenvalue weighted by Crippen LogP contribution is -2.31. The van der Waals surface area contributed by atoms with Gasteiger partial charge in [0.1, 0.15) is 0 Å². The van der Waals surface area contributed by atoms with Crippen molar-refractivity contribution in [3.05, 3.63) is 72.7 Å². The van der Waals surface area contributed by atoms with Crippen LogP contribution < -0.4 is 18.9 Å². The zero-order valence-electron chi connectivity index (χ0n) is 20.8. The van der Waals surface area contributed by atoms with Crippen LogP contribution in [0.25, 0.3) is 11.4 Å². The van der Waals surface area contributed by atoms with Crippen LogP contribution in [0.2, 0.25) is 0 Å². The van der Waals surface area contributed by atoms with Gasteiger partial charge in [0.15, 0.2) is 28.2 Å². The van der Waals surface area contributed by atoms with Crippen LogP contribution in [0.15, 0.2) is 72.1 Å². The van der Waals surface area contributed by atoms with E-state index in [0.29, 0.717) is 5.56 Å². The van der Waals surface area contributed by atoms with E-state index < -0.39 is 38.4 Å². The summed E-state index contributed by atoms with van der Waals surface area (Å²) in [5.74, 6) is -6.91. The molecule has 4 rings (SSSR count). The second-order valence-corrected chi connectivity index (χ2v) is 9.81. The van der Waals surface area contributed by atoms with E-state index in [1.54, 1.807) is 18.2 Å². The zero-order valence-corrected chi connectivity index (χ0v) is 21.6. The van der Waals surface area contributed by atoms with Gasteiger partial charge in [-0.3, -0.25) is 9.71 Å². The number of hydrogen-bond acceptors (Lipinski definition) is 14. The summed E-state index contributed by atoms with van der Waals surface area (Å²) in [6.45, 7) is 0.975. The molecule has 4 aromatic rings. The molecular weight excluding hydrogens is 550 g/mol. The van der Waals surface area contributed by atoms with Crippen LogP contribution in [0.4, 0.5) is 5.82 Å². The highest BCUT2D eigenvalue weighted by Gasteiger charge is 2.28. The van der Waals surface area contributed by atoms with Crippen molar-refractivity contribution >= 4 is 15.8 Å². The molecule has 40 heavy (non-hydrogen) atoms. The zero-order chi connectivity index (χ0) is 29.1. The average Bonchev–Trinajstić information content (AvgIpc) is 2.89. The number of anilines is 1. The number of rotatable bonds is 10. The Hall–Kier alpha value is -4.45. The third kappa shape index (κ3) is 6.75. The Morgan fingerprint density at radius 2 is 1.57 bits per heavy atom. The number of nitrogens with one attached hydrogen (secondary N) is 1. The molecule has 6 N–H and O–H groups in total. The van der Waals surface area contributed by atoms with E-state index in [-0.39, 0.29) is 29.0 Å². The molecule has 15 nitrogen and oxygen atoms in total. The van der Waals surface area contributed by atoms with E-state index >= 15 is 0 Å². The lowest BCUT2D eigenvalue weighted by molar-refractivity contribution is -0.324. The summed E-state index contributed by atoms with van der Waals surface area (Å²) in [6.07, 6.45) is 3.70. The standard InChI is InChI=1S/C24H23N5O10S/c1-23(30,31)39-17-6-4-3-5-16(17)38-19-21(27-20(28-22(19)37-2)14-9-11-25-12-10-14)29-40(35,36)18-8-7-15(13-26-18)24(32,33)34/h3-13,30-34H,1-2H3,(H,27,28,29). The molecule has 210 valence electrons. The second-order valence-electron chi connectivity index (χ2n) is 8.18. The lowest BCUT2D eigenvalue weighted by atomic mass is 10.2. The Balaban J connectivity index is 1.83. The van der Waals surface area contributed by atoms with Gasteiger partial charge in [-0.1, -0.05) is 12.1 Å². The second kappa shape index (κ2) is 11.0. The Morgan fingerprint density at radius 3 is 2.15 bits per heavy atom. The number of ether oxygens (including phenoxy) is 3. The van der Waals surface area contributed by atoms with Crippen LogP contribution in [-0.4, -0.2) is 67.0 Å². The van der Waals surface area contributed by atoms with Crippen molar-refractivity contribution in [3.8, 4) is 34.5 Å². The van der Waals surface area contributed by atoms with Crippen molar-refractivity contribution in [2.75, 3.05) is 11.8 Å². The van der Waals surface area contributed by atoms with Crippen LogP contribution in [0.1, 0.15) is 12.5 Å². The van der Waals surface area contributed by atoms with Crippen LogP contribution in [-0.2, 0) is 16.0 Å². The van der Waals surface area contributed by atoms with E-state index in [9.17, 15) is 34.0 Å². The molecule has 0 radical (unpaired) electrons. The Kier molecular flexibility index (Phi) is 7.83. The maximum absolute atomic E-state index is 13.3. The third-order valence-electron chi connectivity index (χ3n) is 4.96. The molecule has 3 heterocycles. The van der Waals surface area contributed by atoms with Gasteiger partial charge in [-0.05, 0) is 36.4 Å². The minimum absolute atomic E-state index is 0.0288. The number of pyridine rings is 2. The van der Waals surface area contributed by atoms with Gasteiger partial charge in [-0.2, -0.15) is 13.4 Å². The molecule has 0 saturated heterocycles. The molecule has 0 saturated carbocycles. The normalized spacial score (nSPS) is 12.1. The molecule has 0 spiro atoms. The minimum atomic E-state index is -4.51. The summed E-state index contributed by atoms with van der Waals surface area (Å²) < 4.78 is 45.1. The summed E-state index contributed by atoms with van der Waals surface area (Å²) in [5, 5.41) is 46.7. The van der Waals surface area contributed by atoms with E-state index in [4.69, 9.17) is 14.2 Å². The molecule has 0 fully saturated rings. The summed E-state index contributed by atoms with van der Waals surface area (Å²) in [7, 11) is -3.25. The highest BCUT2D eigenvalue weighted by atomic mass is 32.2. The van der Waals surface area contributed by atoms with E-state index in [1.165, 1.54) is 37.7 Å². The molecular formula is C24H23N5O10S. The minimum Gasteiger partial charge on any atom is -0.478 e. The lowest BCUT2D eigenvalue weighted by Gasteiger charge is -2.21. The molecule has 0 aliphatic heterocycles. The smallest absolute Gasteiger partial charge is 0.318 e. The first-order valence-electron chi connectivity index (χ1n) is 11.2. The van der Waals surface area contributed by atoms with E-state index in [0.717, 1.165) is 25.3 Å². The molecule has 3 aromatic heterocycles. The fourth-order valence-electron chi connectivity index (χ4n) is 3.21. The highest BCUT2D eigenvalue weighted by Crippen LogP contribution is 2.42. The summed E-state index contributed by atoms with van der Waals surface area (Å²) in [6, 6.07) is 10.9. The van der Waals surface area contributed by atoms with Gasteiger partial charge >= 0.3 is 11.9 Å². The molecule has 0 aliphatic rings. The molecule has 0 unspecified atom stereocenters. The number of para-hydroxylation sites is 2. The van der Waals surface area contributed by atoms with E-state index in [2.05, 4.69) is 24.7 Å². The first-order chi connectivity index (χ1) is 18.8. The monoisotopic (exact) mass is 573 g/mol. The largest absolute Gasteiger partial charge is 0.478 e. The van der Waals surface area contributed by atoms with Crippen molar-refractivity contribution in [2.24, 2.45) is 0 Å². The number of hydrogen-bond donors (Lipinski definition) is 6. The summed E-state index contributed by atoms with van der Waals surface area (Å²) in [4.78, 5) is 16.2. The van der Waals surface area contributed by atoms with Crippen molar-refractivity contribution in [1.82, 2.24) is 19.9 Å². The third-order valence-corrected chi connectivity index (χ3v) is 6.22. The fraction of sp³-hybridized carbons (Fsp3) is 0.167. The van der Waals surface area contributed by atoms with Gasteiger partial charge in [0, 0.05) is 31.1 Å². The number of nitrogens with zero attached hydrogens (tertiary/aromatic N) is 4. The fourth-order valence-corrected chi connectivity index (χ4v) is 4.15. The summed E-state index contributed by atoms with van der Waals surface area (Å²) >= 11 is 0. The van der Waals surface area contributed by atoms with Gasteiger partial charge in [0.05, 0.1) is 12.7 Å². The van der Waals surface area contributed by atoms with Crippen LogP contribution in [0.5, 0.6) is 23.1 Å². The van der Waals surface area contributed by atoms with Crippen molar-refractivity contribution < 1.29 is 48.2 Å². The van der Waals surface area contributed by atoms with Crippen molar-refractivity contribution in [3.63, 3.8) is 0 Å². The highest BCUT2D eigenvalue weighted by molar-refractivity contribution is 7.92. The van der Waals surface area contributed by atoms with Crippen LogP contribution in [0.3, 0.4) is 0 Å². The SMILES string of the molecule is COc1nc(-c2ccncc2)nc(NS(=O)(=O)c2ccc(C(O)(O)O)cn2)c1Oc1ccccc1OC(C)(O)O. The molecule has 0 aliphatic carbocycles. The van der Waals surface area contributed by atoms with E-state index in [1.807, 2.05) is 0 Å². The number of sulfonamides is 1. The van der Waals surface area contributed by atoms with Crippen LogP contribution >= 0.6 is 0 Å². The van der Waals surface area contributed by atoms with Crippen molar-refractivity contribution in [2.45, 2.75) is 23.9 Å². The number of benzene rings is 1. The molecule has 1 aromatic carbocycles. The van der Waals surface area contributed by atoms with Crippen LogP contribution in [0, 0.1) is 0 Å². The topological polar surface area (TPSA) is 227 Å². The van der Waals surface area contributed by atoms with Gasteiger partial charge in [-0.15, -0.1) is 0 Å². The van der Waals surface area contributed by atoms with Crippen molar-refractivity contribution in [1.29, 1.82) is 0 Å². The first kappa shape index (κ1) is 28.6. The maximum Gasteiger partial charge on any atom is 0.318 e. The Bertz CT molecular complexity index is 1590. The molecule has 0 amide bonds. The first-order valence-corrected chi connectivity index (χ1v) is 12.7. The number of aromatic nitrogens is 4. The molecule has 0 bridgehead atoms. The van der Waals surface area contributed by atoms with Gasteiger partial charge in [-0.25, -0.2) is 9.97 Å². The quantitative estimate of drug-likeness (QED) is 0.143. The number of methoxy groups -OCH3 is 1. The molecule has 16 heteroatoms. The van der Waals surface area contributed by atoms with Gasteiger partial charge in [0.25, 0.3) is 15.9 Å². The Labute approximate surface area is 227 Å². The predicted octanol–water partition coefficient (Wildman–Crippen LogP) is 0.660. The maximum atomic E-state index is 13.3. The predicted molar refractivity (Wildman–Crippen MR) is 135 cm³/mol. The average molecular weight is 574 g/mol. The number of aliphatic hydroxyl groups is 5. The van der Waals surface area contributed by atoms with Gasteiger partial charge < -0.3 is 39.7 Å². The summed E-state index contributed by atoms with van der Waals surface area (Å²) in [5.41, 5.74) is -0.0245. The Morgan fingerprint density at radius 1 is 0.900 bits per heavy atom. The van der Waals surface area contributed by atoms with Gasteiger partial charge in [0.2, 0.25) is 5.75 Å².